The van der Waals surface area contributed by atoms with E-state index in [4.69, 9.17) is 16.7 Å². The summed E-state index contributed by atoms with van der Waals surface area (Å²) in [7, 11) is 0. The predicted molar refractivity (Wildman–Crippen MR) is 64.6 cm³/mol. The Morgan fingerprint density at radius 1 is 1.06 bits per heavy atom. The van der Waals surface area contributed by atoms with E-state index in [1.165, 1.54) is 10.8 Å². The number of benzene rings is 2. The van der Waals surface area contributed by atoms with Crippen molar-refractivity contribution in [3.63, 3.8) is 0 Å². The van der Waals surface area contributed by atoms with Crippen LogP contribution >= 0.6 is 12.2 Å². The van der Waals surface area contributed by atoms with Gasteiger partial charge in [0.15, 0.2) is 5.82 Å². The van der Waals surface area contributed by atoms with Crippen molar-refractivity contribution >= 4 is 23.0 Å². The van der Waals surface area contributed by atoms with Crippen LogP contribution in [0.2, 0.25) is 0 Å². The van der Waals surface area contributed by atoms with Crippen LogP contribution in [-0.2, 0) is 0 Å². The lowest BCUT2D eigenvalue weighted by atomic mass is 10.1. The lowest BCUT2D eigenvalue weighted by Crippen LogP contribution is -1.80. The van der Waals surface area contributed by atoms with Crippen LogP contribution in [-0.4, -0.2) is 10.1 Å². The highest BCUT2D eigenvalue weighted by atomic mass is 32.1. The molecule has 1 N–H and O–H groups in total. The number of nitrogens with one attached hydrogen (secondary N) is 1. The highest BCUT2D eigenvalue weighted by molar-refractivity contribution is 7.71. The molecular formula is C12H8N2OS. The summed E-state index contributed by atoms with van der Waals surface area (Å²) in [4.78, 5) is 4.31. The van der Waals surface area contributed by atoms with E-state index in [1.807, 2.05) is 18.2 Å². The van der Waals surface area contributed by atoms with E-state index in [1.54, 1.807) is 0 Å². The summed E-state index contributed by atoms with van der Waals surface area (Å²) in [6.07, 6.45) is 0. The van der Waals surface area contributed by atoms with Crippen molar-refractivity contribution in [2.24, 2.45) is 0 Å². The summed E-state index contributed by atoms with van der Waals surface area (Å²) in [5.41, 5.74) is 0.971. The van der Waals surface area contributed by atoms with E-state index in [2.05, 4.69) is 34.4 Å². The van der Waals surface area contributed by atoms with Gasteiger partial charge in [0, 0.05) is 5.56 Å². The fourth-order valence-corrected chi connectivity index (χ4v) is 1.82. The molecule has 3 rings (SSSR count). The van der Waals surface area contributed by atoms with Gasteiger partial charge in [-0.25, -0.2) is 5.16 Å². The van der Waals surface area contributed by atoms with Gasteiger partial charge in [0.05, 0.1) is 0 Å². The molecule has 0 saturated carbocycles. The van der Waals surface area contributed by atoms with Gasteiger partial charge < -0.3 is 4.52 Å². The number of aromatic amines is 1. The first-order chi connectivity index (χ1) is 7.83. The quantitative estimate of drug-likeness (QED) is 0.647. The summed E-state index contributed by atoms with van der Waals surface area (Å²) in [6, 6.07) is 14.3. The Kier molecular flexibility index (Phi) is 2.08. The molecule has 0 aliphatic carbocycles. The number of rotatable bonds is 1. The van der Waals surface area contributed by atoms with Gasteiger partial charge in [-0.15, -0.1) is 0 Å². The molecule has 0 aliphatic rings. The zero-order valence-corrected chi connectivity index (χ0v) is 9.12. The topological polar surface area (TPSA) is 41.8 Å². The molecule has 0 spiro atoms. The van der Waals surface area contributed by atoms with Gasteiger partial charge in [0.1, 0.15) is 0 Å². The molecule has 78 valence electrons. The van der Waals surface area contributed by atoms with Crippen molar-refractivity contribution in [1.82, 2.24) is 10.1 Å². The van der Waals surface area contributed by atoms with Crippen molar-refractivity contribution < 1.29 is 4.52 Å². The van der Waals surface area contributed by atoms with Gasteiger partial charge in [-0.1, -0.05) is 36.4 Å². The Morgan fingerprint density at radius 3 is 2.62 bits per heavy atom. The molecule has 3 nitrogen and oxygen atoms in total. The lowest BCUT2D eigenvalue weighted by Gasteiger charge is -1.99. The summed E-state index contributed by atoms with van der Waals surface area (Å²) in [6.45, 7) is 0. The number of nitrogens with zero attached hydrogens (tertiary/aromatic N) is 1. The predicted octanol–water partition coefficient (Wildman–Crippen LogP) is 3.55. The van der Waals surface area contributed by atoms with Gasteiger partial charge in [-0.2, -0.15) is 4.98 Å². The first-order valence-corrected chi connectivity index (χ1v) is 5.28. The number of aromatic nitrogens is 2. The molecule has 1 aromatic heterocycles. The smallest absolute Gasteiger partial charge is 0.314 e. The maximum Gasteiger partial charge on any atom is 0.314 e. The summed E-state index contributed by atoms with van der Waals surface area (Å²) >= 11 is 4.82. The number of hydrogen-bond donors (Lipinski definition) is 1. The van der Waals surface area contributed by atoms with Crippen LogP contribution in [0.4, 0.5) is 0 Å². The van der Waals surface area contributed by atoms with Crippen molar-refractivity contribution in [3.05, 3.63) is 47.3 Å². The third kappa shape index (κ3) is 1.53. The normalized spacial score (nSPS) is 10.8. The molecule has 0 atom stereocenters. The molecule has 0 saturated heterocycles. The Balaban J connectivity index is 2.22. The SMILES string of the molecule is S=c1nc(-c2ccc3ccccc3c2)[nH]o1. The van der Waals surface area contributed by atoms with Crippen molar-refractivity contribution in [2.75, 3.05) is 0 Å². The number of H-pyrrole nitrogens is 1. The van der Waals surface area contributed by atoms with Crippen LogP contribution in [0, 0.1) is 4.84 Å². The van der Waals surface area contributed by atoms with Crippen LogP contribution in [0.15, 0.2) is 47.0 Å². The molecule has 0 bridgehead atoms. The zero-order chi connectivity index (χ0) is 11.0. The highest BCUT2D eigenvalue weighted by Crippen LogP contribution is 2.21. The van der Waals surface area contributed by atoms with Crippen LogP contribution in [0.25, 0.3) is 22.2 Å². The second-order valence-electron chi connectivity index (χ2n) is 3.49. The number of fused-ring (bicyclic) bond motifs is 1. The van der Waals surface area contributed by atoms with Crippen LogP contribution in [0.3, 0.4) is 0 Å². The van der Waals surface area contributed by atoms with Crippen LogP contribution in [0.1, 0.15) is 0 Å². The van der Waals surface area contributed by atoms with E-state index in [0.717, 1.165) is 5.56 Å². The monoisotopic (exact) mass is 228 g/mol. The van der Waals surface area contributed by atoms with Gasteiger partial charge in [0.2, 0.25) is 0 Å². The molecule has 4 heteroatoms. The molecule has 0 fully saturated rings. The van der Waals surface area contributed by atoms with E-state index in [-0.39, 0.29) is 4.84 Å². The van der Waals surface area contributed by atoms with Crippen LogP contribution in [0.5, 0.6) is 0 Å². The fourth-order valence-electron chi connectivity index (χ4n) is 1.69. The molecule has 16 heavy (non-hydrogen) atoms. The maximum absolute atomic E-state index is 4.91. The second kappa shape index (κ2) is 3.57. The van der Waals surface area contributed by atoms with Gasteiger partial charge in [-0.3, -0.25) is 0 Å². The average molecular weight is 228 g/mol. The second-order valence-corrected chi connectivity index (χ2v) is 3.84. The molecule has 0 radical (unpaired) electrons. The molecule has 0 amide bonds. The van der Waals surface area contributed by atoms with Gasteiger partial charge in [0.25, 0.3) is 0 Å². The Bertz CT molecular complexity index is 699. The van der Waals surface area contributed by atoms with Crippen molar-refractivity contribution in [1.29, 1.82) is 0 Å². The fraction of sp³-hybridized carbons (Fsp3) is 0. The molecule has 3 aromatic rings. The maximum atomic E-state index is 4.91. The lowest BCUT2D eigenvalue weighted by molar-refractivity contribution is 0.406. The largest absolute Gasteiger partial charge is 0.348 e. The summed E-state index contributed by atoms with van der Waals surface area (Å²) < 4.78 is 4.91. The van der Waals surface area contributed by atoms with E-state index in [9.17, 15) is 0 Å². The first-order valence-electron chi connectivity index (χ1n) is 4.87. The molecule has 0 unspecified atom stereocenters. The standard InChI is InChI=1S/C12H8N2OS/c16-12-13-11(14-15-12)10-6-5-8-3-1-2-4-9(8)7-10/h1-7H,(H,13,14,16). The van der Waals surface area contributed by atoms with E-state index in [0.29, 0.717) is 5.82 Å². The summed E-state index contributed by atoms with van der Waals surface area (Å²) in [5.74, 6) is 0.663. The Hall–Kier alpha value is -1.94. The van der Waals surface area contributed by atoms with E-state index >= 15 is 0 Å². The third-order valence-corrected chi connectivity index (χ3v) is 2.64. The Morgan fingerprint density at radius 2 is 1.88 bits per heavy atom. The van der Waals surface area contributed by atoms with E-state index < -0.39 is 0 Å². The van der Waals surface area contributed by atoms with Gasteiger partial charge in [-0.05, 0) is 29.1 Å². The molecule has 0 aliphatic heterocycles. The number of hydrogen-bond acceptors (Lipinski definition) is 3. The van der Waals surface area contributed by atoms with Gasteiger partial charge >= 0.3 is 4.84 Å². The Labute approximate surface area is 96.7 Å². The third-order valence-electron chi connectivity index (χ3n) is 2.46. The van der Waals surface area contributed by atoms with Crippen LogP contribution < -0.4 is 0 Å². The summed E-state index contributed by atoms with van der Waals surface area (Å²) in [5, 5.41) is 5.07. The first kappa shape index (κ1) is 9.30. The molecule has 2 aromatic carbocycles. The average Bonchev–Trinajstić information content (AvgIpc) is 2.75. The molecular weight excluding hydrogens is 220 g/mol. The minimum Gasteiger partial charge on any atom is -0.348 e. The zero-order valence-electron chi connectivity index (χ0n) is 8.31. The molecule has 1 heterocycles. The minimum atomic E-state index is 0.225. The minimum absolute atomic E-state index is 0.225. The van der Waals surface area contributed by atoms with Crippen molar-refractivity contribution in [3.8, 4) is 11.4 Å². The highest BCUT2D eigenvalue weighted by Gasteiger charge is 2.02. The van der Waals surface area contributed by atoms with Crippen molar-refractivity contribution in [2.45, 2.75) is 0 Å².